The van der Waals surface area contributed by atoms with E-state index in [-0.39, 0.29) is 0 Å². The Morgan fingerprint density at radius 1 is 1.54 bits per heavy atom. The molecule has 0 saturated carbocycles. The lowest BCUT2D eigenvalue weighted by atomic mass is 10.1. The maximum Gasteiger partial charge on any atom is 0.0674 e. The van der Waals surface area contributed by atoms with E-state index in [1.165, 1.54) is 19.4 Å². The Morgan fingerprint density at radius 3 is 2.92 bits per heavy atom. The molecule has 1 saturated heterocycles. The Hall–Kier alpha value is 0.270. The molecular weight excluding hydrogens is 182 g/mol. The number of morpholine rings is 1. The van der Waals surface area contributed by atoms with Gasteiger partial charge in [0, 0.05) is 12.6 Å². The highest BCUT2D eigenvalue weighted by Gasteiger charge is 2.24. The van der Waals surface area contributed by atoms with Crippen LogP contribution in [0.3, 0.4) is 0 Å². The highest BCUT2D eigenvalue weighted by molar-refractivity contribution is 7.80. The summed E-state index contributed by atoms with van der Waals surface area (Å²) < 4.78 is 5.63. The average Bonchev–Trinajstić information content (AvgIpc) is 2.15. The number of rotatable bonds is 4. The summed E-state index contributed by atoms with van der Waals surface area (Å²) in [6.07, 6.45) is 2.79. The van der Waals surface area contributed by atoms with Crippen molar-refractivity contribution in [3.05, 3.63) is 0 Å². The van der Waals surface area contributed by atoms with Crippen LogP contribution in [0.25, 0.3) is 0 Å². The third-order valence-electron chi connectivity index (χ3n) is 2.66. The van der Waals surface area contributed by atoms with Gasteiger partial charge in [-0.2, -0.15) is 12.6 Å². The third-order valence-corrected chi connectivity index (χ3v) is 2.97. The number of hydrogen-bond donors (Lipinski definition) is 1. The lowest BCUT2D eigenvalue weighted by molar-refractivity contribution is -0.0554. The molecule has 1 aliphatic heterocycles. The van der Waals surface area contributed by atoms with E-state index in [1.54, 1.807) is 0 Å². The Bertz CT molecular complexity index is 143. The smallest absolute Gasteiger partial charge is 0.0674 e. The van der Waals surface area contributed by atoms with Crippen molar-refractivity contribution in [3.63, 3.8) is 0 Å². The number of hydrogen-bond acceptors (Lipinski definition) is 3. The van der Waals surface area contributed by atoms with Gasteiger partial charge in [-0.25, -0.2) is 0 Å². The molecule has 78 valence electrons. The van der Waals surface area contributed by atoms with Crippen molar-refractivity contribution in [1.29, 1.82) is 0 Å². The molecule has 1 rings (SSSR count). The highest BCUT2D eigenvalue weighted by Crippen LogP contribution is 2.14. The van der Waals surface area contributed by atoms with Crippen molar-refractivity contribution >= 4 is 12.6 Å². The quantitative estimate of drug-likeness (QED) is 0.700. The first-order valence-electron chi connectivity index (χ1n) is 5.24. The average molecular weight is 203 g/mol. The van der Waals surface area contributed by atoms with E-state index in [4.69, 9.17) is 4.74 Å². The van der Waals surface area contributed by atoms with Crippen LogP contribution in [0.15, 0.2) is 0 Å². The van der Waals surface area contributed by atoms with Crippen molar-refractivity contribution in [2.75, 3.05) is 25.4 Å². The van der Waals surface area contributed by atoms with Crippen molar-refractivity contribution in [3.8, 4) is 0 Å². The predicted octanol–water partition coefficient (Wildman–Crippen LogP) is 1.81. The molecule has 1 fully saturated rings. The third kappa shape index (κ3) is 3.49. The van der Waals surface area contributed by atoms with E-state index in [0.29, 0.717) is 12.1 Å². The molecule has 0 aromatic carbocycles. The topological polar surface area (TPSA) is 12.5 Å². The van der Waals surface area contributed by atoms with E-state index >= 15 is 0 Å². The van der Waals surface area contributed by atoms with Crippen LogP contribution in [0.4, 0.5) is 0 Å². The van der Waals surface area contributed by atoms with Gasteiger partial charge in [0.05, 0.1) is 12.7 Å². The molecule has 0 radical (unpaired) electrons. The highest BCUT2D eigenvalue weighted by atomic mass is 32.1. The molecule has 0 aromatic rings. The van der Waals surface area contributed by atoms with Crippen LogP contribution in [0.1, 0.15) is 26.7 Å². The normalized spacial score (nSPS) is 30.7. The molecule has 0 bridgehead atoms. The minimum Gasteiger partial charge on any atom is -0.376 e. The fourth-order valence-electron chi connectivity index (χ4n) is 1.84. The minimum absolute atomic E-state index is 0.405. The van der Waals surface area contributed by atoms with Crippen molar-refractivity contribution in [2.45, 2.75) is 38.8 Å². The van der Waals surface area contributed by atoms with E-state index in [9.17, 15) is 0 Å². The number of nitrogens with zero attached hydrogens (tertiary/aromatic N) is 1. The molecule has 2 unspecified atom stereocenters. The Kier molecular flexibility index (Phi) is 5.14. The summed E-state index contributed by atoms with van der Waals surface area (Å²) >= 11 is 4.24. The molecule has 0 aromatic heterocycles. The van der Waals surface area contributed by atoms with Crippen LogP contribution in [0.5, 0.6) is 0 Å². The minimum atomic E-state index is 0.405. The monoisotopic (exact) mass is 203 g/mol. The van der Waals surface area contributed by atoms with Gasteiger partial charge in [0.1, 0.15) is 0 Å². The van der Waals surface area contributed by atoms with Gasteiger partial charge in [0.2, 0.25) is 0 Å². The Labute approximate surface area is 87.0 Å². The first-order chi connectivity index (χ1) is 6.27. The fourth-order valence-corrected chi connectivity index (χ4v) is 1.98. The van der Waals surface area contributed by atoms with Crippen LogP contribution in [0, 0.1) is 0 Å². The largest absolute Gasteiger partial charge is 0.376 e. The van der Waals surface area contributed by atoms with E-state index in [0.717, 1.165) is 18.9 Å². The van der Waals surface area contributed by atoms with Gasteiger partial charge in [-0.05, 0) is 32.1 Å². The van der Waals surface area contributed by atoms with E-state index in [1.807, 2.05) is 0 Å². The number of ether oxygens (including phenoxy) is 1. The first kappa shape index (κ1) is 11.3. The summed E-state index contributed by atoms with van der Waals surface area (Å²) in [6, 6.07) is 0.635. The van der Waals surface area contributed by atoms with E-state index in [2.05, 4.69) is 31.4 Å². The SMILES string of the molecule is CCC1COC(C)CN1CCCS. The molecule has 0 spiro atoms. The lowest BCUT2D eigenvalue weighted by Crippen LogP contribution is -2.48. The second kappa shape index (κ2) is 5.89. The fraction of sp³-hybridized carbons (Fsp3) is 1.00. The van der Waals surface area contributed by atoms with E-state index < -0.39 is 0 Å². The van der Waals surface area contributed by atoms with Crippen molar-refractivity contribution in [1.82, 2.24) is 4.90 Å². The van der Waals surface area contributed by atoms with Gasteiger partial charge < -0.3 is 4.74 Å². The van der Waals surface area contributed by atoms with Gasteiger partial charge in [-0.1, -0.05) is 6.92 Å². The molecule has 0 aliphatic carbocycles. The van der Waals surface area contributed by atoms with Gasteiger partial charge in [0.15, 0.2) is 0 Å². The van der Waals surface area contributed by atoms with Gasteiger partial charge in [0.25, 0.3) is 0 Å². The molecular formula is C10H21NOS. The zero-order chi connectivity index (χ0) is 9.68. The molecule has 2 atom stereocenters. The molecule has 2 nitrogen and oxygen atoms in total. The Balaban J connectivity index is 2.35. The first-order valence-corrected chi connectivity index (χ1v) is 5.87. The second-order valence-electron chi connectivity index (χ2n) is 3.78. The summed E-state index contributed by atoms with van der Waals surface area (Å²) in [7, 11) is 0. The zero-order valence-corrected chi connectivity index (χ0v) is 9.59. The standard InChI is InChI=1S/C10H21NOS/c1-3-10-8-12-9(2)7-11(10)5-4-6-13/h9-10,13H,3-8H2,1-2H3. The lowest BCUT2D eigenvalue weighted by Gasteiger charge is -2.38. The summed E-state index contributed by atoms with van der Waals surface area (Å²) in [4.78, 5) is 2.55. The summed E-state index contributed by atoms with van der Waals surface area (Å²) in [5.41, 5.74) is 0. The van der Waals surface area contributed by atoms with Crippen molar-refractivity contribution in [2.24, 2.45) is 0 Å². The molecule has 3 heteroatoms. The van der Waals surface area contributed by atoms with Crippen LogP contribution >= 0.6 is 12.6 Å². The van der Waals surface area contributed by atoms with Crippen molar-refractivity contribution < 1.29 is 4.74 Å². The molecule has 1 heterocycles. The molecule has 13 heavy (non-hydrogen) atoms. The van der Waals surface area contributed by atoms with Crippen LogP contribution < -0.4 is 0 Å². The predicted molar refractivity (Wildman–Crippen MR) is 59.5 cm³/mol. The Morgan fingerprint density at radius 2 is 2.31 bits per heavy atom. The summed E-state index contributed by atoms with van der Waals surface area (Å²) in [5, 5.41) is 0. The molecule has 0 N–H and O–H groups in total. The second-order valence-corrected chi connectivity index (χ2v) is 4.23. The number of thiol groups is 1. The van der Waals surface area contributed by atoms with Gasteiger partial charge >= 0.3 is 0 Å². The summed E-state index contributed by atoms with van der Waals surface area (Å²) in [6.45, 7) is 7.56. The summed E-state index contributed by atoms with van der Waals surface area (Å²) in [5.74, 6) is 0.988. The van der Waals surface area contributed by atoms with Crippen LogP contribution in [-0.2, 0) is 4.74 Å². The molecule has 0 amide bonds. The van der Waals surface area contributed by atoms with Gasteiger partial charge in [-0.15, -0.1) is 0 Å². The zero-order valence-electron chi connectivity index (χ0n) is 8.70. The van der Waals surface area contributed by atoms with Gasteiger partial charge in [-0.3, -0.25) is 4.90 Å². The van der Waals surface area contributed by atoms with Crippen LogP contribution in [-0.4, -0.2) is 42.5 Å². The molecule has 1 aliphatic rings. The maximum atomic E-state index is 5.63. The maximum absolute atomic E-state index is 5.63. The van der Waals surface area contributed by atoms with Crippen LogP contribution in [0.2, 0.25) is 0 Å².